The number of aryl methyl sites for hydroxylation is 1. The Labute approximate surface area is 270 Å². The first kappa shape index (κ1) is 36.3. The van der Waals surface area contributed by atoms with Gasteiger partial charge >= 0.3 is 0 Å². The van der Waals surface area contributed by atoms with Gasteiger partial charge in [-0.15, -0.1) is 0 Å². The lowest BCUT2D eigenvalue weighted by atomic mass is 10.0. The number of phenolic OH excluding ortho intramolecular Hbond substituents is 1. The van der Waals surface area contributed by atoms with E-state index in [1.54, 1.807) is 18.2 Å². The number of carboxylic acid groups (broad SMARTS) is 1. The van der Waals surface area contributed by atoms with Crippen molar-refractivity contribution in [2.24, 2.45) is 0 Å². The summed E-state index contributed by atoms with van der Waals surface area (Å²) in [6.07, 6.45) is 6.14. The summed E-state index contributed by atoms with van der Waals surface area (Å²) in [6.45, 7) is 6.58. The van der Waals surface area contributed by atoms with E-state index < -0.39 is 12.1 Å². The smallest absolute Gasteiger partial charge is 0.300 e. The van der Waals surface area contributed by atoms with Crippen molar-refractivity contribution in [1.29, 1.82) is 0 Å². The summed E-state index contributed by atoms with van der Waals surface area (Å²) in [5.41, 5.74) is 4.67. The van der Waals surface area contributed by atoms with Crippen LogP contribution in [0.4, 0.5) is 5.69 Å². The number of fused-ring (bicyclic) bond motifs is 1. The van der Waals surface area contributed by atoms with Gasteiger partial charge in [0, 0.05) is 50.9 Å². The Kier molecular flexibility index (Phi) is 16.8. The molecule has 4 rings (SSSR count). The molecule has 2 aromatic carbocycles. The number of imidazole rings is 1. The van der Waals surface area contributed by atoms with E-state index in [1.165, 1.54) is 0 Å². The van der Waals surface area contributed by atoms with Crippen LogP contribution in [0.25, 0.3) is 0 Å². The number of hydrogen-bond acceptors (Lipinski definition) is 10. The third-order valence-corrected chi connectivity index (χ3v) is 7.96. The number of benzene rings is 2. The lowest BCUT2D eigenvalue weighted by Gasteiger charge is -2.14. The fraction of sp³-hybridized carbons (Fsp3) is 0.515. The number of nitrogens with one attached hydrogen (secondary N) is 2. The molecule has 45 heavy (non-hydrogen) atoms. The molecule has 1 aliphatic heterocycles. The SMILES string of the molecule is CC(=O)O.OCCc1cc([C@@H](O)CNCCCCCCOCCOCc2cccc(NCc3cn4c(n3)SCC4)c2)ccc1O. The number of carboxylic acids is 1. The largest absolute Gasteiger partial charge is 0.508 e. The van der Waals surface area contributed by atoms with Crippen molar-refractivity contribution in [2.45, 2.75) is 70.0 Å². The van der Waals surface area contributed by atoms with Gasteiger partial charge in [-0.3, -0.25) is 4.79 Å². The molecule has 3 aromatic rings. The number of unbranched alkanes of at least 4 members (excludes halogenated alkanes) is 3. The number of rotatable bonds is 20. The summed E-state index contributed by atoms with van der Waals surface area (Å²) in [5, 5.41) is 44.6. The molecule has 1 aromatic heterocycles. The number of thioether (sulfide) groups is 1. The topological polar surface area (TPSA) is 158 Å². The number of carbonyl (C=O) groups is 1. The maximum Gasteiger partial charge on any atom is 0.300 e. The maximum absolute atomic E-state index is 10.4. The number of aliphatic carboxylic acids is 1. The molecular weight excluding hydrogens is 596 g/mol. The molecule has 6 N–H and O–H groups in total. The van der Waals surface area contributed by atoms with Gasteiger partial charge in [-0.1, -0.05) is 42.8 Å². The van der Waals surface area contributed by atoms with Crippen molar-refractivity contribution < 1.29 is 34.7 Å². The second-order valence-corrected chi connectivity index (χ2v) is 11.9. The minimum Gasteiger partial charge on any atom is -0.508 e. The number of aliphatic hydroxyl groups is 2. The third-order valence-electron chi connectivity index (χ3n) is 6.99. The molecule has 0 saturated heterocycles. The number of aromatic hydroxyl groups is 1. The summed E-state index contributed by atoms with van der Waals surface area (Å²) < 4.78 is 13.7. The fourth-order valence-electron chi connectivity index (χ4n) is 4.72. The highest BCUT2D eigenvalue weighted by molar-refractivity contribution is 7.99. The van der Waals surface area contributed by atoms with Crippen molar-refractivity contribution in [3.63, 3.8) is 0 Å². The molecule has 2 heterocycles. The molecule has 0 spiro atoms. The molecule has 12 heteroatoms. The van der Waals surface area contributed by atoms with E-state index in [4.69, 9.17) is 24.5 Å². The van der Waals surface area contributed by atoms with Crippen LogP contribution in [0, 0.1) is 0 Å². The molecule has 0 aliphatic carbocycles. The number of anilines is 1. The molecule has 11 nitrogen and oxygen atoms in total. The summed E-state index contributed by atoms with van der Waals surface area (Å²) in [6, 6.07) is 13.4. The zero-order valence-corrected chi connectivity index (χ0v) is 26.9. The number of ether oxygens (including phenoxy) is 2. The van der Waals surface area contributed by atoms with Crippen LogP contribution >= 0.6 is 11.8 Å². The van der Waals surface area contributed by atoms with Crippen LogP contribution < -0.4 is 10.6 Å². The highest BCUT2D eigenvalue weighted by Gasteiger charge is 2.14. The third kappa shape index (κ3) is 14.2. The summed E-state index contributed by atoms with van der Waals surface area (Å²) in [7, 11) is 0. The molecule has 0 saturated carbocycles. The average Bonchev–Trinajstić information content (AvgIpc) is 3.62. The number of aliphatic hydroxyl groups excluding tert-OH is 2. The molecule has 1 atom stereocenters. The first-order valence-corrected chi connectivity index (χ1v) is 16.5. The number of nitrogens with zero attached hydrogens (tertiary/aromatic N) is 2. The molecular formula is C33H48N4O7S. The Morgan fingerprint density at radius 1 is 1.09 bits per heavy atom. The van der Waals surface area contributed by atoms with E-state index in [2.05, 4.69) is 44.6 Å². The van der Waals surface area contributed by atoms with Gasteiger partial charge in [-0.05, 0) is 66.8 Å². The standard InChI is InChI=1S/C31H44N4O5S.C2H4O2/c36-13-10-26-19-25(8-9-29(26)37)30(38)21-32-11-3-1-2-4-14-39-15-16-40-23-24-6-5-7-27(18-24)33-20-28-22-35-12-17-41-31(35)34-28;1-2(3)4/h5-9,18-19,22,30,32-33,36-38H,1-4,10-17,20-21,23H2;1H3,(H,3,4)/t30-;/m0./s1. The minimum atomic E-state index is -0.833. The van der Waals surface area contributed by atoms with Gasteiger partial charge in [-0.25, -0.2) is 4.98 Å². The zero-order valence-electron chi connectivity index (χ0n) is 26.1. The van der Waals surface area contributed by atoms with Crippen molar-refractivity contribution in [3.8, 4) is 5.75 Å². The van der Waals surface area contributed by atoms with Crippen LogP contribution in [0.5, 0.6) is 5.75 Å². The fourth-order valence-corrected chi connectivity index (χ4v) is 5.68. The maximum atomic E-state index is 10.4. The van der Waals surface area contributed by atoms with Gasteiger partial charge in [0.25, 0.3) is 5.97 Å². The van der Waals surface area contributed by atoms with Crippen LogP contribution in [-0.4, -0.2) is 81.2 Å². The summed E-state index contributed by atoms with van der Waals surface area (Å²) >= 11 is 1.81. The van der Waals surface area contributed by atoms with E-state index in [-0.39, 0.29) is 12.4 Å². The van der Waals surface area contributed by atoms with Gasteiger partial charge in [0.1, 0.15) is 5.75 Å². The van der Waals surface area contributed by atoms with E-state index in [9.17, 15) is 10.2 Å². The second kappa shape index (κ2) is 20.8. The highest BCUT2D eigenvalue weighted by Crippen LogP contribution is 2.25. The Hall–Kier alpha value is -3.13. The molecule has 0 fully saturated rings. The van der Waals surface area contributed by atoms with E-state index >= 15 is 0 Å². The molecule has 248 valence electrons. The van der Waals surface area contributed by atoms with Crippen molar-refractivity contribution in [2.75, 3.05) is 50.6 Å². The van der Waals surface area contributed by atoms with Crippen molar-refractivity contribution in [3.05, 3.63) is 71.0 Å². The molecule has 0 unspecified atom stereocenters. The highest BCUT2D eigenvalue weighted by atomic mass is 32.2. The Morgan fingerprint density at radius 2 is 1.89 bits per heavy atom. The summed E-state index contributed by atoms with van der Waals surface area (Å²) in [4.78, 5) is 13.7. The van der Waals surface area contributed by atoms with E-state index in [1.807, 2.05) is 17.8 Å². The van der Waals surface area contributed by atoms with E-state index in [0.717, 1.165) is 85.7 Å². The predicted octanol–water partition coefficient (Wildman–Crippen LogP) is 4.35. The quantitative estimate of drug-likeness (QED) is 0.0972. The van der Waals surface area contributed by atoms with Crippen LogP contribution in [0.15, 0.2) is 53.8 Å². The summed E-state index contributed by atoms with van der Waals surface area (Å²) in [5.74, 6) is 0.437. The average molecular weight is 645 g/mol. The van der Waals surface area contributed by atoms with Crippen LogP contribution in [-0.2, 0) is 40.4 Å². The second-order valence-electron chi connectivity index (χ2n) is 10.8. The first-order valence-electron chi connectivity index (χ1n) is 15.5. The van der Waals surface area contributed by atoms with Crippen LogP contribution in [0.2, 0.25) is 0 Å². The van der Waals surface area contributed by atoms with E-state index in [0.29, 0.717) is 44.9 Å². The number of phenols is 1. The Balaban J connectivity index is 0.00000130. The number of aromatic nitrogens is 2. The van der Waals surface area contributed by atoms with Gasteiger partial charge in [0.05, 0.1) is 38.2 Å². The van der Waals surface area contributed by atoms with Gasteiger partial charge in [0.15, 0.2) is 5.16 Å². The minimum absolute atomic E-state index is 0.0351. The molecule has 0 bridgehead atoms. The molecule has 0 amide bonds. The normalized spacial score (nSPS) is 12.8. The van der Waals surface area contributed by atoms with Crippen molar-refractivity contribution >= 4 is 23.4 Å². The lowest BCUT2D eigenvalue weighted by Crippen LogP contribution is -2.22. The van der Waals surface area contributed by atoms with Crippen LogP contribution in [0.1, 0.15) is 61.1 Å². The molecule has 0 radical (unpaired) electrons. The van der Waals surface area contributed by atoms with Gasteiger partial charge in [0.2, 0.25) is 0 Å². The van der Waals surface area contributed by atoms with Gasteiger partial charge < -0.3 is 45.1 Å². The monoisotopic (exact) mass is 644 g/mol. The Bertz CT molecular complexity index is 1260. The first-order chi connectivity index (χ1) is 21.9. The number of hydrogen-bond donors (Lipinski definition) is 6. The predicted molar refractivity (Wildman–Crippen MR) is 176 cm³/mol. The van der Waals surface area contributed by atoms with Crippen molar-refractivity contribution in [1.82, 2.24) is 14.9 Å². The zero-order chi connectivity index (χ0) is 32.3. The van der Waals surface area contributed by atoms with Crippen LogP contribution in [0.3, 0.4) is 0 Å². The van der Waals surface area contributed by atoms with Gasteiger partial charge in [-0.2, -0.15) is 0 Å². The molecule has 1 aliphatic rings. The lowest BCUT2D eigenvalue weighted by molar-refractivity contribution is -0.134. The Morgan fingerprint density at radius 3 is 2.69 bits per heavy atom.